The Balaban J connectivity index is 2.05. The van der Waals surface area contributed by atoms with Gasteiger partial charge in [-0.25, -0.2) is 4.79 Å². The molecule has 19 heavy (non-hydrogen) atoms. The van der Waals surface area contributed by atoms with E-state index in [0.29, 0.717) is 23.3 Å². The second kappa shape index (κ2) is 4.10. The third kappa shape index (κ3) is 2.24. The average molecular weight is 260 g/mol. The van der Waals surface area contributed by atoms with E-state index in [9.17, 15) is 4.79 Å². The zero-order valence-corrected chi connectivity index (χ0v) is 11.2. The van der Waals surface area contributed by atoms with E-state index in [1.54, 1.807) is 6.07 Å². The molecular weight excluding hydrogens is 244 g/mol. The highest BCUT2D eigenvalue weighted by Gasteiger charge is 2.32. The van der Waals surface area contributed by atoms with Gasteiger partial charge in [0, 0.05) is 6.42 Å². The zero-order chi connectivity index (χ0) is 13.6. The van der Waals surface area contributed by atoms with Crippen molar-refractivity contribution in [2.24, 2.45) is 0 Å². The van der Waals surface area contributed by atoms with E-state index in [0.717, 1.165) is 5.39 Å². The van der Waals surface area contributed by atoms with Crippen LogP contribution in [-0.4, -0.2) is 11.9 Å². The summed E-state index contributed by atoms with van der Waals surface area (Å²) in [6.45, 7) is 5.87. The standard InChI is InChI=1S/C15H16O4/c1-15(2,3)19-12-8-10-13(18-12)9-6-4-5-7-11(9)17-14(10)16/h4-7,12H,8H2,1-3H3. The number of fused-ring (bicyclic) bond motifs is 3. The van der Waals surface area contributed by atoms with Crippen LogP contribution in [0.1, 0.15) is 26.3 Å². The third-order valence-corrected chi connectivity index (χ3v) is 2.96. The fourth-order valence-electron chi connectivity index (χ4n) is 2.27. The smallest absolute Gasteiger partial charge is 0.343 e. The van der Waals surface area contributed by atoms with E-state index in [2.05, 4.69) is 0 Å². The van der Waals surface area contributed by atoms with Gasteiger partial charge in [0.15, 0.2) is 0 Å². The molecule has 0 N–H and O–H groups in total. The van der Waals surface area contributed by atoms with Crippen molar-refractivity contribution in [3.05, 3.63) is 40.2 Å². The lowest BCUT2D eigenvalue weighted by Crippen LogP contribution is -2.30. The topological polar surface area (TPSA) is 48.7 Å². The van der Waals surface area contributed by atoms with Crippen molar-refractivity contribution < 1.29 is 13.9 Å². The van der Waals surface area contributed by atoms with Crippen molar-refractivity contribution in [2.75, 3.05) is 0 Å². The predicted molar refractivity (Wildman–Crippen MR) is 71.4 cm³/mol. The van der Waals surface area contributed by atoms with E-state index >= 15 is 0 Å². The molecule has 0 saturated heterocycles. The number of rotatable bonds is 1. The second-order valence-corrected chi connectivity index (χ2v) is 5.68. The number of benzene rings is 1. The first-order valence-electron chi connectivity index (χ1n) is 6.33. The van der Waals surface area contributed by atoms with Gasteiger partial charge in [-0.3, -0.25) is 0 Å². The molecule has 0 fully saturated rings. The Labute approximate surface area is 110 Å². The Morgan fingerprint density at radius 3 is 2.74 bits per heavy atom. The van der Waals surface area contributed by atoms with E-state index in [1.165, 1.54) is 0 Å². The molecule has 4 heteroatoms. The molecule has 0 saturated carbocycles. The molecule has 3 rings (SSSR count). The number of hydrogen-bond donors (Lipinski definition) is 0. The van der Waals surface area contributed by atoms with E-state index in [1.807, 2.05) is 39.0 Å². The Morgan fingerprint density at radius 2 is 2.00 bits per heavy atom. The molecule has 100 valence electrons. The Hall–Kier alpha value is -1.81. The van der Waals surface area contributed by atoms with E-state index < -0.39 is 6.29 Å². The van der Waals surface area contributed by atoms with Crippen LogP contribution >= 0.6 is 0 Å². The van der Waals surface area contributed by atoms with Gasteiger partial charge in [0.25, 0.3) is 0 Å². The molecule has 2 heterocycles. The van der Waals surface area contributed by atoms with E-state index in [-0.39, 0.29) is 11.2 Å². The maximum absolute atomic E-state index is 11.9. The first kappa shape index (κ1) is 12.2. The van der Waals surface area contributed by atoms with Gasteiger partial charge < -0.3 is 13.9 Å². The fourth-order valence-corrected chi connectivity index (χ4v) is 2.27. The number of hydrogen-bond acceptors (Lipinski definition) is 4. The van der Waals surface area contributed by atoms with Gasteiger partial charge in [-0.05, 0) is 32.9 Å². The average Bonchev–Trinajstić information content (AvgIpc) is 2.71. The lowest BCUT2D eigenvalue weighted by atomic mass is 10.1. The minimum Gasteiger partial charge on any atom is -0.463 e. The van der Waals surface area contributed by atoms with Gasteiger partial charge in [-0.1, -0.05) is 12.1 Å². The summed E-state index contributed by atoms with van der Waals surface area (Å²) in [5, 5.41) is 0.817. The zero-order valence-electron chi connectivity index (χ0n) is 11.2. The quantitative estimate of drug-likeness (QED) is 0.740. The SMILES string of the molecule is CC(C)(C)OC1Cc2c(c3ccccc3oc2=O)O1. The summed E-state index contributed by atoms with van der Waals surface area (Å²) in [6, 6.07) is 7.37. The van der Waals surface area contributed by atoms with Gasteiger partial charge in [-0.2, -0.15) is 0 Å². The summed E-state index contributed by atoms with van der Waals surface area (Å²) in [7, 11) is 0. The number of para-hydroxylation sites is 1. The highest BCUT2D eigenvalue weighted by Crippen LogP contribution is 2.35. The van der Waals surface area contributed by atoms with Crippen molar-refractivity contribution in [2.45, 2.75) is 39.1 Å². The first-order chi connectivity index (χ1) is 8.94. The largest absolute Gasteiger partial charge is 0.463 e. The van der Waals surface area contributed by atoms with Crippen molar-refractivity contribution in [1.29, 1.82) is 0 Å². The summed E-state index contributed by atoms with van der Waals surface area (Å²) in [6.07, 6.45) is 0.00320. The molecule has 1 atom stereocenters. The molecule has 0 amide bonds. The first-order valence-corrected chi connectivity index (χ1v) is 6.33. The van der Waals surface area contributed by atoms with Crippen LogP contribution in [0.5, 0.6) is 5.75 Å². The van der Waals surface area contributed by atoms with Crippen molar-refractivity contribution in [1.82, 2.24) is 0 Å². The van der Waals surface area contributed by atoms with Crippen molar-refractivity contribution >= 4 is 11.0 Å². The molecule has 1 aliphatic heterocycles. The molecule has 0 radical (unpaired) electrons. The highest BCUT2D eigenvalue weighted by atomic mass is 16.7. The van der Waals surface area contributed by atoms with Gasteiger partial charge >= 0.3 is 5.63 Å². The minimum atomic E-state index is -0.427. The molecule has 0 spiro atoms. The molecule has 1 aliphatic rings. The van der Waals surface area contributed by atoms with Crippen LogP contribution in [-0.2, 0) is 11.2 Å². The molecule has 0 aliphatic carbocycles. The normalized spacial score (nSPS) is 18.4. The van der Waals surface area contributed by atoms with Crippen LogP contribution in [0.25, 0.3) is 11.0 Å². The lowest BCUT2D eigenvalue weighted by Gasteiger charge is -2.24. The summed E-state index contributed by atoms with van der Waals surface area (Å²) >= 11 is 0. The van der Waals surface area contributed by atoms with Crippen molar-refractivity contribution in [3.8, 4) is 5.75 Å². The summed E-state index contributed by atoms with van der Waals surface area (Å²) < 4.78 is 16.9. The summed E-state index contributed by atoms with van der Waals surface area (Å²) in [5.74, 6) is 0.598. The number of ether oxygens (including phenoxy) is 2. The fraction of sp³-hybridized carbons (Fsp3) is 0.400. The predicted octanol–water partition coefficient (Wildman–Crippen LogP) is 2.87. The van der Waals surface area contributed by atoms with Gasteiger partial charge in [0.2, 0.25) is 6.29 Å². The molecule has 0 bridgehead atoms. The van der Waals surface area contributed by atoms with Crippen LogP contribution in [0.3, 0.4) is 0 Å². The Bertz CT molecular complexity index is 679. The Morgan fingerprint density at radius 1 is 1.26 bits per heavy atom. The summed E-state index contributed by atoms with van der Waals surface area (Å²) in [5.41, 5.74) is 0.451. The second-order valence-electron chi connectivity index (χ2n) is 5.68. The highest BCUT2D eigenvalue weighted by molar-refractivity contribution is 5.84. The van der Waals surface area contributed by atoms with Gasteiger partial charge in [0.05, 0.1) is 16.6 Å². The monoisotopic (exact) mass is 260 g/mol. The minimum absolute atomic E-state index is 0.317. The molecule has 2 aromatic rings. The van der Waals surface area contributed by atoms with E-state index in [4.69, 9.17) is 13.9 Å². The lowest BCUT2D eigenvalue weighted by molar-refractivity contribution is -0.139. The maximum atomic E-state index is 11.9. The summed E-state index contributed by atoms with van der Waals surface area (Å²) in [4.78, 5) is 11.9. The van der Waals surface area contributed by atoms with Crippen LogP contribution in [0.15, 0.2) is 33.5 Å². The van der Waals surface area contributed by atoms with Crippen LogP contribution in [0.2, 0.25) is 0 Å². The van der Waals surface area contributed by atoms with Crippen molar-refractivity contribution in [3.63, 3.8) is 0 Å². The maximum Gasteiger partial charge on any atom is 0.343 e. The molecule has 1 aromatic heterocycles. The third-order valence-electron chi connectivity index (χ3n) is 2.96. The van der Waals surface area contributed by atoms with Crippen LogP contribution in [0, 0.1) is 0 Å². The molecule has 4 nitrogen and oxygen atoms in total. The molecule has 1 unspecified atom stereocenters. The van der Waals surface area contributed by atoms with Crippen LogP contribution < -0.4 is 10.4 Å². The Kier molecular flexibility index (Phi) is 2.64. The molecule has 1 aromatic carbocycles. The van der Waals surface area contributed by atoms with Crippen LogP contribution in [0.4, 0.5) is 0 Å². The van der Waals surface area contributed by atoms with Gasteiger partial charge in [0.1, 0.15) is 11.3 Å². The van der Waals surface area contributed by atoms with Gasteiger partial charge in [-0.15, -0.1) is 0 Å². The molecular formula is C15H16O4.